The highest BCUT2D eigenvalue weighted by Crippen LogP contribution is 2.18. The van der Waals surface area contributed by atoms with E-state index >= 15 is 0 Å². The maximum absolute atomic E-state index is 6.02. The number of benzene rings is 1. The fourth-order valence-electron chi connectivity index (χ4n) is 2.74. The van der Waals surface area contributed by atoms with Crippen molar-refractivity contribution in [2.75, 3.05) is 13.1 Å². The molecule has 3 rings (SSSR count). The predicted molar refractivity (Wildman–Crippen MR) is 76.1 cm³/mol. The zero-order chi connectivity index (χ0) is 13.1. The minimum Gasteiger partial charge on any atom is -0.370 e. The summed E-state index contributed by atoms with van der Waals surface area (Å²) in [5.74, 6) is 1.04. The van der Waals surface area contributed by atoms with Crippen molar-refractivity contribution in [1.82, 2.24) is 14.9 Å². The lowest BCUT2D eigenvalue weighted by Gasteiger charge is -2.22. The largest absolute Gasteiger partial charge is 0.370 e. The van der Waals surface area contributed by atoms with E-state index in [9.17, 15) is 0 Å². The summed E-state index contributed by atoms with van der Waals surface area (Å²) >= 11 is 0. The Hall–Kier alpha value is -1.39. The first-order chi connectivity index (χ1) is 9.38. The standard InChI is InChI=1S/C15H21N3O/c1-2-18-14-6-4-3-5-13(14)17-15(18)11-19-12-7-9-16-10-8-12/h3-6,12,16H,2,7-11H2,1H3. The molecule has 0 atom stereocenters. The number of hydrogen-bond donors (Lipinski definition) is 1. The van der Waals surface area contributed by atoms with Crippen molar-refractivity contribution in [2.45, 2.75) is 39.0 Å². The summed E-state index contributed by atoms with van der Waals surface area (Å²) in [5, 5.41) is 3.36. The molecule has 0 bridgehead atoms. The lowest BCUT2D eigenvalue weighted by atomic mass is 10.1. The van der Waals surface area contributed by atoms with Crippen molar-refractivity contribution in [2.24, 2.45) is 0 Å². The second kappa shape index (κ2) is 5.72. The summed E-state index contributed by atoms with van der Waals surface area (Å²) in [6.45, 7) is 5.84. The third kappa shape index (κ3) is 2.65. The van der Waals surface area contributed by atoms with Crippen LogP contribution in [0.25, 0.3) is 11.0 Å². The average Bonchev–Trinajstić information content (AvgIpc) is 2.83. The molecule has 0 radical (unpaired) electrons. The molecule has 1 saturated heterocycles. The van der Waals surface area contributed by atoms with Gasteiger partial charge in [0.2, 0.25) is 0 Å². The number of nitrogens with zero attached hydrogens (tertiary/aromatic N) is 2. The van der Waals surface area contributed by atoms with Gasteiger partial charge in [-0.15, -0.1) is 0 Å². The zero-order valence-electron chi connectivity index (χ0n) is 11.4. The number of aryl methyl sites for hydroxylation is 1. The molecule has 1 fully saturated rings. The van der Waals surface area contributed by atoms with Gasteiger partial charge in [0.1, 0.15) is 12.4 Å². The fraction of sp³-hybridized carbons (Fsp3) is 0.533. The van der Waals surface area contributed by atoms with E-state index in [4.69, 9.17) is 9.72 Å². The highest BCUT2D eigenvalue weighted by atomic mass is 16.5. The molecule has 0 amide bonds. The molecule has 0 spiro atoms. The highest BCUT2D eigenvalue weighted by molar-refractivity contribution is 5.75. The number of ether oxygens (including phenoxy) is 1. The molecule has 1 aliphatic heterocycles. The molecule has 1 aliphatic rings. The van der Waals surface area contributed by atoms with Crippen LogP contribution in [0.4, 0.5) is 0 Å². The summed E-state index contributed by atoms with van der Waals surface area (Å²) in [4.78, 5) is 4.69. The molecule has 2 aromatic rings. The van der Waals surface area contributed by atoms with Gasteiger partial charge in [-0.1, -0.05) is 12.1 Å². The molecule has 1 aromatic heterocycles. The minimum absolute atomic E-state index is 0.381. The smallest absolute Gasteiger partial charge is 0.135 e. The van der Waals surface area contributed by atoms with E-state index in [0.29, 0.717) is 12.7 Å². The maximum atomic E-state index is 6.02. The maximum Gasteiger partial charge on any atom is 0.135 e. The summed E-state index contributed by atoms with van der Waals surface area (Å²) in [7, 11) is 0. The molecule has 0 aliphatic carbocycles. The van der Waals surface area contributed by atoms with E-state index in [1.807, 2.05) is 6.07 Å². The number of hydrogen-bond acceptors (Lipinski definition) is 3. The highest BCUT2D eigenvalue weighted by Gasteiger charge is 2.15. The zero-order valence-corrected chi connectivity index (χ0v) is 11.4. The minimum atomic E-state index is 0.381. The van der Waals surface area contributed by atoms with Crippen LogP contribution in [0.15, 0.2) is 24.3 Å². The van der Waals surface area contributed by atoms with Crippen molar-refractivity contribution < 1.29 is 4.74 Å². The van der Waals surface area contributed by atoms with Gasteiger partial charge >= 0.3 is 0 Å². The van der Waals surface area contributed by atoms with Crippen molar-refractivity contribution in [3.63, 3.8) is 0 Å². The van der Waals surface area contributed by atoms with Crippen molar-refractivity contribution >= 4 is 11.0 Å². The van der Waals surface area contributed by atoms with E-state index in [2.05, 4.69) is 35.0 Å². The van der Waals surface area contributed by atoms with E-state index in [-0.39, 0.29) is 0 Å². The van der Waals surface area contributed by atoms with E-state index < -0.39 is 0 Å². The van der Waals surface area contributed by atoms with Gasteiger partial charge in [0.15, 0.2) is 0 Å². The summed E-state index contributed by atoms with van der Waals surface area (Å²) in [6, 6.07) is 8.29. The van der Waals surface area contributed by atoms with Crippen LogP contribution in [-0.2, 0) is 17.9 Å². The molecule has 1 N–H and O–H groups in total. The van der Waals surface area contributed by atoms with Crippen LogP contribution in [0.5, 0.6) is 0 Å². The second-order valence-corrected chi connectivity index (χ2v) is 5.02. The van der Waals surface area contributed by atoms with Gasteiger partial charge in [0.25, 0.3) is 0 Å². The first-order valence-corrected chi connectivity index (χ1v) is 7.15. The first-order valence-electron chi connectivity index (χ1n) is 7.15. The van der Waals surface area contributed by atoms with Gasteiger partial charge in [-0.25, -0.2) is 4.98 Å². The van der Waals surface area contributed by atoms with Crippen LogP contribution < -0.4 is 5.32 Å². The van der Waals surface area contributed by atoms with Crippen LogP contribution in [0, 0.1) is 0 Å². The van der Waals surface area contributed by atoms with Crippen molar-refractivity contribution in [1.29, 1.82) is 0 Å². The van der Waals surface area contributed by atoms with Crippen LogP contribution in [-0.4, -0.2) is 28.7 Å². The van der Waals surface area contributed by atoms with Gasteiger partial charge in [0.05, 0.1) is 17.1 Å². The Labute approximate surface area is 113 Å². The SMILES string of the molecule is CCn1c(COC2CCNCC2)nc2ccccc21. The average molecular weight is 259 g/mol. The van der Waals surface area contributed by atoms with Crippen molar-refractivity contribution in [3.05, 3.63) is 30.1 Å². The fourth-order valence-corrected chi connectivity index (χ4v) is 2.74. The normalized spacial score (nSPS) is 17.1. The van der Waals surface area contributed by atoms with Crippen LogP contribution in [0.1, 0.15) is 25.6 Å². The molecule has 102 valence electrons. The molecule has 2 heterocycles. The number of piperidine rings is 1. The second-order valence-electron chi connectivity index (χ2n) is 5.02. The quantitative estimate of drug-likeness (QED) is 0.916. The van der Waals surface area contributed by atoms with Crippen LogP contribution in [0.3, 0.4) is 0 Å². The number of imidazole rings is 1. The van der Waals surface area contributed by atoms with E-state index in [1.165, 1.54) is 5.52 Å². The Morgan fingerprint density at radius 1 is 1.32 bits per heavy atom. The summed E-state index contributed by atoms with van der Waals surface area (Å²) < 4.78 is 8.26. The van der Waals surface area contributed by atoms with Crippen molar-refractivity contribution in [3.8, 4) is 0 Å². The molecular weight excluding hydrogens is 238 g/mol. The van der Waals surface area contributed by atoms with Crippen LogP contribution in [0.2, 0.25) is 0 Å². The number of rotatable bonds is 4. The lowest BCUT2D eigenvalue weighted by molar-refractivity contribution is 0.0167. The number of nitrogens with one attached hydrogen (secondary N) is 1. The summed E-state index contributed by atoms with van der Waals surface area (Å²) in [5.41, 5.74) is 2.27. The molecule has 4 heteroatoms. The molecule has 4 nitrogen and oxygen atoms in total. The van der Waals surface area contributed by atoms with Gasteiger partial charge in [-0.2, -0.15) is 0 Å². The number of fused-ring (bicyclic) bond motifs is 1. The van der Waals surface area contributed by atoms with Gasteiger partial charge in [-0.05, 0) is 45.0 Å². The Kier molecular flexibility index (Phi) is 3.80. The monoisotopic (exact) mass is 259 g/mol. The first kappa shape index (κ1) is 12.6. The Balaban J connectivity index is 1.76. The molecule has 0 unspecified atom stereocenters. The molecule has 19 heavy (non-hydrogen) atoms. The Bertz CT molecular complexity index is 543. The van der Waals surface area contributed by atoms with Gasteiger partial charge < -0.3 is 14.6 Å². The predicted octanol–water partition coefficient (Wildman–Crippen LogP) is 2.32. The number of para-hydroxylation sites is 2. The van der Waals surface area contributed by atoms with Crippen LogP contribution >= 0.6 is 0 Å². The summed E-state index contributed by atoms with van der Waals surface area (Å²) in [6.07, 6.45) is 2.59. The third-order valence-electron chi connectivity index (χ3n) is 3.78. The van der Waals surface area contributed by atoms with E-state index in [1.54, 1.807) is 0 Å². The molecule has 0 saturated carbocycles. The molecular formula is C15H21N3O. The number of aromatic nitrogens is 2. The Morgan fingerprint density at radius 3 is 2.89 bits per heavy atom. The molecule has 1 aromatic carbocycles. The Morgan fingerprint density at radius 2 is 2.11 bits per heavy atom. The van der Waals surface area contributed by atoms with Gasteiger partial charge in [0, 0.05) is 6.54 Å². The van der Waals surface area contributed by atoms with E-state index in [0.717, 1.165) is 43.8 Å². The lowest BCUT2D eigenvalue weighted by Crippen LogP contribution is -2.32. The third-order valence-corrected chi connectivity index (χ3v) is 3.78. The van der Waals surface area contributed by atoms with Gasteiger partial charge in [-0.3, -0.25) is 0 Å². The topological polar surface area (TPSA) is 39.1 Å².